The van der Waals surface area contributed by atoms with Crippen LogP contribution >= 0.6 is 0 Å². The van der Waals surface area contributed by atoms with Gasteiger partial charge in [-0.3, -0.25) is 4.79 Å². The van der Waals surface area contributed by atoms with Crippen LogP contribution in [0.4, 0.5) is 15.3 Å². The van der Waals surface area contributed by atoms with Crippen LogP contribution in [-0.2, 0) is 14.3 Å². The van der Waals surface area contributed by atoms with E-state index in [-0.39, 0.29) is 6.54 Å². The van der Waals surface area contributed by atoms with Crippen molar-refractivity contribution in [3.63, 3.8) is 0 Å². The smallest absolute Gasteiger partial charge is 0.435 e. The Morgan fingerprint density at radius 3 is 2.38 bits per heavy atom. The predicted molar refractivity (Wildman–Crippen MR) is 125 cm³/mol. The van der Waals surface area contributed by atoms with Gasteiger partial charge in [0.05, 0.1) is 6.20 Å². The number of rotatable bonds is 6. The molecule has 2 rings (SSSR count). The number of aromatic nitrogens is 2. The normalized spacial score (nSPS) is 12.2. The fourth-order valence-corrected chi connectivity index (χ4v) is 2.67. The number of carbonyl (C=O) groups is 3. The molecule has 1 aromatic heterocycles. The lowest BCUT2D eigenvalue weighted by molar-refractivity contribution is -0.117. The summed E-state index contributed by atoms with van der Waals surface area (Å²) in [6.07, 6.45) is 1.56. The van der Waals surface area contributed by atoms with E-state index in [1.54, 1.807) is 65.8 Å². The molecule has 0 aliphatic carbocycles. The third-order valence-corrected chi connectivity index (χ3v) is 3.99. The van der Waals surface area contributed by atoms with Gasteiger partial charge in [0.25, 0.3) is 0 Å². The van der Waals surface area contributed by atoms with Gasteiger partial charge in [-0.15, -0.1) is 0 Å². The van der Waals surface area contributed by atoms with Crippen LogP contribution < -0.4 is 10.6 Å². The van der Waals surface area contributed by atoms with Gasteiger partial charge < -0.3 is 20.1 Å². The number of alkyl carbamates (subject to hydrolysis) is 1. The lowest BCUT2D eigenvalue weighted by Crippen LogP contribution is -2.40. The fourth-order valence-electron chi connectivity index (χ4n) is 2.67. The molecular formula is C22H29N7O5. The number of azide groups is 1. The molecule has 1 atom stereocenters. The molecule has 1 aromatic carbocycles. The molecule has 0 saturated heterocycles. The first kappa shape index (κ1) is 26.2. The molecule has 1 unspecified atom stereocenters. The van der Waals surface area contributed by atoms with E-state index >= 15 is 0 Å². The monoisotopic (exact) mass is 471 g/mol. The zero-order valence-electron chi connectivity index (χ0n) is 20.0. The van der Waals surface area contributed by atoms with Gasteiger partial charge in [-0.2, -0.15) is 9.78 Å². The SMILES string of the molecule is CC(C)(C)OC(=O)NCC(N=[N+]=[N-])C(=O)Nc1ccccc1-c1cnn(C(=O)OC(C)(C)C)c1. The highest BCUT2D eigenvalue weighted by Gasteiger charge is 2.23. The number of amides is 2. The Morgan fingerprint density at radius 1 is 1.12 bits per heavy atom. The van der Waals surface area contributed by atoms with Crippen LogP contribution in [0.3, 0.4) is 0 Å². The highest BCUT2D eigenvalue weighted by atomic mass is 16.6. The molecule has 2 N–H and O–H groups in total. The quantitative estimate of drug-likeness (QED) is 0.359. The summed E-state index contributed by atoms with van der Waals surface area (Å²) in [4.78, 5) is 39.6. The van der Waals surface area contributed by atoms with Crippen molar-refractivity contribution in [1.29, 1.82) is 0 Å². The van der Waals surface area contributed by atoms with E-state index in [0.29, 0.717) is 16.8 Å². The van der Waals surface area contributed by atoms with Crippen molar-refractivity contribution in [2.24, 2.45) is 5.11 Å². The molecule has 34 heavy (non-hydrogen) atoms. The second-order valence-electron chi connectivity index (χ2n) is 9.29. The standard InChI is InChI=1S/C22H29N7O5/c1-21(2,3)33-19(31)24-12-17(27-28-23)18(30)26-16-10-8-7-9-15(16)14-11-25-29(13-14)20(32)34-22(4,5)6/h7-11,13,17H,12H2,1-6H3,(H,24,31)(H,26,30). The maximum Gasteiger partial charge on any atom is 0.435 e. The molecule has 0 fully saturated rings. The van der Waals surface area contributed by atoms with Gasteiger partial charge in [0.2, 0.25) is 5.91 Å². The van der Waals surface area contributed by atoms with Crippen LogP contribution in [0.1, 0.15) is 41.5 Å². The van der Waals surface area contributed by atoms with Crippen molar-refractivity contribution in [2.45, 2.75) is 58.8 Å². The van der Waals surface area contributed by atoms with Crippen LogP contribution in [-0.4, -0.2) is 51.7 Å². The maximum absolute atomic E-state index is 12.8. The average Bonchev–Trinajstić information content (AvgIpc) is 3.19. The van der Waals surface area contributed by atoms with Gasteiger partial charge in [0, 0.05) is 34.5 Å². The molecular weight excluding hydrogens is 442 g/mol. The van der Waals surface area contributed by atoms with Crippen LogP contribution in [0.15, 0.2) is 41.8 Å². The maximum atomic E-state index is 12.8. The summed E-state index contributed by atoms with van der Waals surface area (Å²) in [5.74, 6) is -0.638. The molecule has 0 saturated carbocycles. The van der Waals surface area contributed by atoms with Gasteiger partial charge >= 0.3 is 12.2 Å². The third kappa shape index (κ3) is 8.14. The van der Waals surface area contributed by atoms with Crippen molar-refractivity contribution >= 4 is 23.8 Å². The second kappa shape index (κ2) is 10.7. The largest absolute Gasteiger partial charge is 0.444 e. The molecule has 12 nitrogen and oxygen atoms in total. The summed E-state index contributed by atoms with van der Waals surface area (Å²) in [6.45, 7) is 10.1. The third-order valence-electron chi connectivity index (χ3n) is 3.99. The average molecular weight is 472 g/mol. The number of carbonyl (C=O) groups excluding carboxylic acids is 3. The number of nitrogens with zero attached hydrogens (tertiary/aromatic N) is 5. The highest BCUT2D eigenvalue weighted by Crippen LogP contribution is 2.28. The first-order valence-electron chi connectivity index (χ1n) is 10.5. The van der Waals surface area contributed by atoms with Crippen LogP contribution in [0.25, 0.3) is 21.6 Å². The Hall–Kier alpha value is -4.05. The number of ether oxygens (including phenoxy) is 2. The van der Waals surface area contributed by atoms with Crippen LogP contribution in [0, 0.1) is 0 Å². The van der Waals surface area contributed by atoms with Gasteiger partial charge in [0.15, 0.2) is 0 Å². The second-order valence-corrected chi connectivity index (χ2v) is 9.29. The van der Waals surface area contributed by atoms with E-state index in [2.05, 4.69) is 25.8 Å². The molecule has 12 heteroatoms. The zero-order chi connectivity index (χ0) is 25.5. The summed E-state index contributed by atoms with van der Waals surface area (Å²) in [5.41, 5.74) is 8.97. The minimum absolute atomic E-state index is 0.260. The van der Waals surface area contributed by atoms with Crippen molar-refractivity contribution in [1.82, 2.24) is 15.1 Å². The Morgan fingerprint density at radius 2 is 1.76 bits per heavy atom. The molecule has 0 spiro atoms. The van der Waals surface area contributed by atoms with Crippen LogP contribution in [0.5, 0.6) is 0 Å². The highest BCUT2D eigenvalue weighted by molar-refractivity contribution is 5.99. The first-order valence-corrected chi connectivity index (χ1v) is 10.5. The Balaban J connectivity index is 2.17. The number of nitrogens with one attached hydrogen (secondary N) is 2. The number of hydrogen-bond donors (Lipinski definition) is 2. The van der Waals surface area contributed by atoms with E-state index in [1.807, 2.05) is 0 Å². The minimum atomic E-state index is -1.23. The van der Waals surface area contributed by atoms with Gasteiger partial charge in [-0.25, -0.2) is 9.59 Å². The van der Waals surface area contributed by atoms with Gasteiger partial charge in [-0.05, 0) is 53.1 Å². The molecule has 2 amide bonds. The van der Waals surface area contributed by atoms with E-state index in [4.69, 9.17) is 15.0 Å². The molecule has 2 aromatic rings. The number of anilines is 1. The van der Waals surface area contributed by atoms with Crippen molar-refractivity contribution in [3.05, 3.63) is 47.1 Å². The molecule has 1 heterocycles. The topological polar surface area (TPSA) is 160 Å². The van der Waals surface area contributed by atoms with Crippen molar-refractivity contribution in [2.75, 3.05) is 11.9 Å². The fraction of sp³-hybridized carbons (Fsp3) is 0.455. The van der Waals surface area contributed by atoms with E-state index < -0.39 is 35.3 Å². The zero-order valence-corrected chi connectivity index (χ0v) is 20.0. The summed E-state index contributed by atoms with van der Waals surface area (Å²) >= 11 is 0. The summed E-state index contributed by atoms with van der Waals surface area (Å²) in [5, 5.41) is 12.6. The van der Waals surface area contributed by atoms with Crippen molar-refractivity contribution < 1.29 is 23.9 Å². The predicted octanol–water partition coefficient (Wildman–Crippen LogP) is 4.48. The lowest BCUT2D eigenvalue weighted by Gasteiger charge is -2.20. The van der Waals surface area contributed by atoms with Gasteiger partial charge in [-0.1, -0.05) is 23.3 Å². The van der Waals surface area contributed by atoms with Crippen LogP contribution in [0.2, 0.25) is 0 Å². The van der Waals surface area contributed by atoms with E-state index in [9.17, 15) is 14.4 Å². The van der Waals surface area contributed by atoms with Crippen molar-refractivity contribution in [3.8, 4) is 11.1 Å². The summed E-state index contributed by atoms with van der Waals surface area (Å²) in [6, 6.07) is 5.61. The summed E-state index contributed by atoms with van der Waals surface area (Å²) < 4.78 is 11.5. The Bertz CT molecular complexity index is 1090. The Kier molecular flexibility index (Phi) is 8.26. The summed E-state index contributed by atoms with van der Waals surface area (Å²) in [7, 11) is 0. The molecule has 0 aliphatic rings. The number of hydrogen-bond acceptors (Lipinski definition) is 7. The number of para-hydroxylation sites is 1. The van der Waals surface area contributed by atoms with Gasteiger partial charge in [0.1, 0.15) is 17.2 Å². The van der Waals surface area contributed by atoms with E-state index in [1.165, 1.54) is 12.4 Å². The lowest BCUT2D eigenvalue weighted by atomic mass is 10.1. The van der Waals surface area contributed by atoms with E-state index in [0.717, 1.165) is 4.68 Å². The Labute approximate surface area is 197 Å². The molecule has 182 valence electrons. The number of benzene rings is 1. The first-order chi connectivity index (χ1) is 15.8. The molecule has 0 bridgehead atoms. The molecule has 0 radical (unpaired) electrons. The molecule has 0 aliphatic heterocycles. The minimum Gasteiger partial charge on any atom is -0.444 e.